The third-order valence-electron chi connectivity index (χ3n) is 3.47. The fourth-order valence-electron chi connectivity index (χ4n) is 1.88. The van der Waals surface area contributed by atoms with Crippen molar-refractivity contribution in [3.8, 4) is 0 Å². The lowest BCUT2D eigenvalue weighted by Crippen LogP contribution is -2.23. The predicted molar refractivity (Wildman–Crippen MR) is 74.3 cm³/mol. The number of nitrogens with one attached hydrogen (secondary N) is 1. The van der Waals surface area contributed by atoms with Gasteiger partial charge < -0.3 is 5.32 Å². The van der Waals surface area contributed by atoms with Gasteiger partial charge in [0.15, 0.2) is 0 Å². The average Bonchev–Trinajstić information content (AvgIpc) is 2.37. The minimum atomic E-state index is 0.452. The monoisotopic (exact) mass is 228 g/mol. The molecule has 0 saturated heterocycles. The van der Waals surface area contributed by atoms with Crippen LogP contribution < -0.4 is 5.32 Å². The van der Waals surface area contributed by atoms with E-state index in [9.17, 15) is 0 Å². The summed E-state index contributed by atoms with van der Waals surface area (Å²) in [5, 5.41) is 4.66. The van der Waals surface area contributed by atoms with Crippen LogP contribution in [0.1, 0.15) is 27.2 Å². The van der Waals surface area contributed by atoms with E-state index in [1.807, 2.05) is 12.1 Å². The van der Waals surface area contributed by atoms with Gasteiger partial charge in [0, 0.05) is 11.4 Å². The Bertz CT molecular complexity index is 493. The van der Waals surface area contributed by atoms with Crippen molar-refractivity contribution in [2.45, 2.75) is 33.2 Å². The zero-order valence-corrected chi connectivity index (χ0v) is 10.8. The largest absolute Gasteiger partial charge is 0.367 e. The Morgan fingerprint density at radius 2 is 1.88 bits per heavy atom. The smallest absolute Gasteiger partial charge is 0.126 e. The highest BCUT2D eigenvalue weighted by atomic mass is 15.0. The Morgan fingerprint density at radius 1 is 1.12 bits per heavy atom. The minimum Gasteiger partial charge on any atom is -0.367 e. The number of rotatable bonds is 4. The van der Waals surface area contributed by atoms with E-state index in [0.717, 1.165) is 11.3 Å². The van der Waals surface area contributed by atoms with Crippen LogP contribution in [0, 0.1) is 5.92 Å². The number of nitrogens with zero attached hydrogens (tertiary/aromatic N) is 1. The van der Waals surface area contributed by atoms with Crippen molar-refractivity contribution in [1.82, 2.24) is 4.98 Å². The number of hydrogen-bond acceptors (Lipinski definition) is 2. The second-order valence-electron chi connectivity index (χ2n) is 4.71. The quantitative estimate of drug-likeness (QED) is 0.852. The number of hydrogen-bond donors (Lipinski definition) is 1. The predicted octanol–water partition coefficient (Wildman–Crippen LogP) is 4.08. The maximum Gasteiger partial charge on any atom is 0.126 e. The molecule has 0 fully saturated rings. The van der Waals surface area contributed by atoms with Gasteiger partial charge in [0.25, 0.3) is 0 Å². The Balaban J connectivity index is 2.19. The summed E-state index contributed by atoms with van der Waals surface area (Å²) < 4.78 is 0. The Hall–Kier alpha value is -1.57. The molecule has 2 heteroatoms. The fraction of sp³-hybridized carbons (Fsp3) is 0.400. The summed E-state index contributed by atoms with van der Waals surface area (Å²) in [4.78, 5) is 4.62. The zero-order chi connectivity index (χ0) is 12.3. The van der Waals surface area contributed by atoms with Gasteiger partial charge in [-0.2, -0.15) is 0 Å². The molecule has 0 amide bonds. The van der Waals surface area contributed by atoms with E-state index in [-0.39, 0.29) is 0 Å². The molecule has 0 spiro atoms. The summed E-state index contributed by atoms with van der Waals surface area (Å²) >= 11 is 0. The number of fused-ring (bicyclic) bond motifs is 1. The summed E-state index contributed by atoms with van der Waals surface area (Å²) in [5.74, 6) is 1.62. The summed E-state index contributed by atoms with van der Waals surface area (Å²) in [6, 6.07) is 12.8. The maximum absolute atomic E-state index is 4.62. The molecule has 2 atom stereocenters. The fourth-order valence-corrected chi connectivity index (χ4v) is 1.88. The van der Waals surface area contributed by atoms with Gasteiger partial charge in [-0.1, -0.05) is 38.5 Å². The van der Waals surface area contributed by atoms with Crippen LogP contribution in [0.4, 0.5) is 5.82 Å². The molecule has 90 valence electrons. The summed E-state index contributed by atoms with van der Waals surface area (Å²) in [7, 11) is 0. The first-order chi connectivity index (χ1) is 8.20. The number of benzene rings is 1. The summed E-state index contributed by atoms with van der Waals surface area (Å²) in [6.45, 7) is 6.69. The molecule has 2 aromatic rings. The minimum absolute atomic E-state index is 0.452. The summed E-state index contributed by atoms with van der Waals surface area (Å²) in [5.41, 5.74) is 1.05. The highest BCUT2D eigenvalue weighted by Crippen LogP contribution is 2.17. The molecule has 2 nitrogen and oxygen atoms in total. The lowest BCUT2D eigenvalue weighted by Gasteiger charge is -2.20. The first-order valence-corrected chi connectivity index (χ1v) is 6.33. The number of aromatic nitrogens is 1. The van der Waals surface area contributed by atoms with Crippen LogP contribution in [0.15, 0.2) is 36.4 Å². The number of para-hydroxylation sites is 1. The molecule has 2 unspecified atom stereocenters. The molecule has 2 rings (SSSR count). The first-order valence-electron chi connectivity index (χ1n) is 6.33. The standard InChI is InChI=1S/C15H20N2/c1-4-11(2)12(3)16-15-10-9-13-7-5-6-8-14(13)17-15/h5-12H,4H2,1-3H3,(H,16,17). The molecule has 1 aromatic carbocycles. The van der Waals surface area contributed by atoms with Gasteiger partial charge >= 0.3 is 0 Å². The van der Waals surface area contributed by atoms with Gasteiger partial charge in [0.2, 0.25) is 0 Å². The van der Waals surface area contributed by atoms with Gasteiger partial charge in [-0.15, -0.1) is 0 Å². The molecule has 1 heterocycles. The Kier molecular flexibility index (Phi) is 3.62. The van der Waals surface area contributed by atoms with Crippen molar-refractivity contribution >= 4 is 16.7 Å². The lowest BCUT2D eigenvalue weighted by molar-refractivity contribution is 0.493. The van der Waals surface area contributed by atoms with Gasteiger partial charge in [-0.05, 0) is 31.0 Å². The van der Waals surface area contributed by atoms with E-state index in [1.54, 1.807) is 0 Å². The van der Waals surface area contributed by atoms with Gasteiger partial charge in [0.1, 0.15) is 5.82 Å². The molecule has 1 aromatic heterocycles. The van der Waals surface area contributed by atoms with Crippen LogP contribution in [0.3, 0.4) is 0 Å². The number of anilines is 1. The van der Waals surface area contributed by atoms with E-state index in [1.165, 1.54) is 11.8 Å². The zero-order valence-electron chi connectivity index (χ0n) is 10.8. The van der Waals surface area contributed by atoms with Crippen molar-refractivity contribution in [2.75, 3.05) is 5.32 Å². The molecule has 0 bridgehead atoms. The third-order valence-corrected chi connectivity index (χ3v) is 3.47. The molecule has 0 saturated carbocycles. The highest BCUT2D eigenvalue weighted by molar-refractivity contribution is 5.80. The van der Waals surface area contributed by atoms with Crippen LogP contribution >= 0.6 is 0 Å². The van der Waals surface area contributed by atoms with E-state index < -0.39 is 0 Å². The average molecular weight is 228 g/mol. The maximum atomic E-state index is 4.62. The molecule has 0 aliphatic rings. The summed E-state index contributed by atoms with van der Waals surface area (Å²) in [6.07, 6.45) is 1.18. The molecule has 0 radical (unpaired) electrons. The van der Waals surface area contributed by atoms with Crippen molar-refractivity contribution in [1.29, 1.82) is 0 Å². The van der Waals surface area contributed by atoms with Crippen molar-refractivity contribution in [3.63, 3.8) is 0 Å². The lowest BCUT2D eigenvalue weighted by atomic mass is 10.0. The van der Waals surface area contributed by atoms with Gasteiger partial charge in [0.05, 0.1) is 5.52 Å². The van der Waals surface area contributed by atoms with E-state index in [4.69, 9.17) is 0 Å². The van der Waals surface area contributed by atoms with Crippen LogP contribution in [0.2, 0.25) is 0 Å². The molecule has 1 N–H and O–H groups in total. The number of pyridine rings is 1. The topological polar surface area (TPSA) is 24.9 Å². The molecule has 0 aliphatic carbocycles. The van der Waals surface area contributed by atoms with E-state index >= 15 is 0 Å². The second-order valence-corrected chi connectivity index (χ2v) is 4.71. The van der Waals surface area contributed by atoms with Gasteiger partial charge in [-0.25, -0.2) is 4.98 Å². The molecule has 0 aliphatic heterocycles. The first kappa shape index (κ1) is 11.9. The Morgan fingerprint density at radius 3 is 2.65 bits per heavy atom. The molecule has 17 heavy (non-hydrogen) atoms. The normalized spacial score (nSPS) is 14.5. The van der Waals surface area contributed by atoms with Crippen LogP contribution in [0.25, 0.3) is 10.9 Å². The highest BCUT2D eigenvalue weighted by Gasteiger charge is 2.10. The van der Waals surface area contributed by atoms with Crippen molar-refractivity contribution in [3.05, 3.63) is 36.4 Å². The van der Waals surface area contributed by atoms with Crippen molar-refractivity contribution < 1.29 is 0 Å². The van der Waals surface area contributed by atoms with E-state index in [2.05, 4.69) is 55.3 Å². The molecular formula is C15H20N2. The van der Waals surface area contributed by atoms with Crippen LogP contribution in [0.5, 0.6) is 0 Å². The van der Waals surface area contributed by atoms with Crippen molar-refractivity contribution in [2.24, 2.45) is 5.92 Å². The van der Waals surface area contributed by atoms with Crippen LogP contribution in [-0.4, -0.2) is 11.0 Å². The second kappa shape index (κ2) is 5.17. The third kappa shape index (κ3) is 2.76. The Labute approximate surface area is 103 Å². The SMILES string of the molecule is CCC(C)C(C)Nc1ccc2ccccc2n1. The van der Waals surface area contributed by atoms with E-state index in [0.29, 0.717) is 12.0 Å². The molecular weight excluding hydrogens is 208 g/mol. The van der Waals surface area contributed by atoms with Gasteiger partial charge in [-0.3, -0.25) is 0 Å². The van der Waals surface area contributed by atoms with Crippen LogP contribution in [-0.2, 0) is 0 Å².